The van der Waals surface area contributed by atoms with Crippen LogP contribution in [0, 0.1) is 11.3 Å². The second-order valence-corrected chi connectivity index (χ2v) is 5.98. The number of piperidine rings is 1. The average molecular weight is 279 g/mol. The fourth-order valence-electron chi connectivity index (χ4n) is 2.63. The van der Waals surface area contributed by atoms with Crippen molar-refractivity contribution in [3.63, 3.8) is 0 Å². The molecule has 20 heavy (non-hydrogen) atoms. The van der Waals surface area contributed by atoms with Crippen LogP contribution in [0.4, 0.5) is 5.82 Å². The lowest BCUT2D eigenvalue weighted by Crippen LogP contribution is -2.46. The molecular formula is C14H21N3O3. The van der Waals surface area contributed by atoms with E-state index in [0.29, 0.717) is 12.4 Å². The normalized spacial score (nSPS) is 19.9. The van der Waals surface area contributed by atoms with Gasteiger partial charge in [-0.25, -0.2) is 4.98 Å². The highest BCUT2D eigenvalue weighted by atomic mass is 16.4. The Morgan fingerprint density at radius 3 is 2.85 bits per heavy atom. The van der Waals surface area contributed by atoms with Gasteiger partial charge in [0.2, 0.25) is 0 Å². The summed E-state index contributed by atoms with van der Waals surface area (Å²) in [7, 11) is 1.69. The van der Waals surface area contributed by atoms with E-state index in [9.17, 15) is 14.7 Å². The van der Waals surface area contributed by atoms with Crippen LogP contribution in [0.3, 0.4) is 0 Å². The Labute approximate surface area is 118 Å². The summed E-state index contributed by atoms with van der Waals surface area (Å²) >= 11 is 0. The topological polar surface area (TPSA) is 75.4 Å². The molecule has 1 aromatic rings. The summed E-state index contributed by atoms with van der Waals surface area (Å²) in [6.07, 6.45) is 4.96. The van der Waals surface area contributed by atoms with Crippen LogP contribution in [-0.2, 0) is 11.8 Å². The van der Waals surface area contributed by atoms with E-state index >= 15 is 0 Å². The van der Waals surface area contributed by atoms with Gasteiger partial charge in [-0.15, -0.1) is 0 Å². The van der Waals surface area contributed by atoms with E-state index in [1.54, 1.807) is 33.3 Å². The minimum Gasteiger partial charge on any atom is -0.481 e. The number of hydrogen-bond donors (Lipinski definition) is 1. The van der Waals surface area contributed by atoms with Crippen LogP contribution in [0.2, 0.25) is 0 Å². The molecular weight excluding hydrogens is 258 g/mol. The lowest BCUT2D eigenvalue weighted by atomic mass is 9.74. The van der Waals surface area contributed by atoms with E-state index in [2.05, 4.69) is 4.98 Å². The Morgan fingerprint density at radius 1 is 1.50 bits per heavy atom. The first-order chi connectivity index (χ1) is 9.34. The molecule has 1 saturated heterocycles. The lowest BCUT2D eigenvalue weighted by Gasteiger charge is -2.39. The molecule has 1 aliphatic rings. The van der Waals surface area contributed by atoms with E-state index in [1.165, 1.54) is 4.57 Å². The first-order valence-electron chi connectivity index (χ1n) is 6.84. The number of carboxylic acids is 1. The van der Waals surface area contributed by atoms with Crippen LogP contribution < -0.4 is 10.5 Å². The molecule has 1 aliphatic heterocycles. The Hall–Kier alpha value is -1.85. The van der Waals surface area contributed by atoms with E-state index in [4.69, 9.17) is 0 Å². The summed E-state index contributed by atoms with van der Waals surface area (Å²) in [6.45, 7) is 4.81. The molecule has 0 aliphatic carbocycles. The van der Waals surface area contributed by atoms with Gasteiger partial charge in [-0.2, -0.15) is 0 Å². The fourth-order valence-corrected chi connectivity index (χ4v) is 2.63. The van der Waals surface area contributed by atoms with E-state index in [0.717, 1.165) is 19.4 Å². The van der Waals surface area contributed by atoms with Gasteiger partial charge in [0.1, 0.15) is 0 Å². The third kappa shape index (κ3) is 2.55. The number of anilines is 1. The van der Waals surface area contributed by atoms with Crippen molar-refractivity contribution in [1.29, 1.82) is 0 Å². The Morgan fingerprint density at radius 2 is 2.20 bits per heavy atom. The molecule has 0 bridgehead atoms. The molecule has 0 saturated carbocycles. The molecule has 1 atom stereocenters. The minimum absolute atomic E-state index is 0.0143. The van der Waals surface area contributed by atoms with Crippen molar-refractivity contribution in [3.05, 3.63) is 22.7 Å². The SMILES string of the molecule is Cn1ccnc(N2CCCC(C(C)(C)C(=O)O)C2)c1=O. The number of aliphatic carboxylic acids is 1. The largest absolute Gasteiger partial charge is 0.481 e. The second kappa shape index (κ2) is 5.26. The second-order valence-electron chi connectivity index (χ2n) is 5.98. The lowest BCUT2D eigenvalue weighted by molar-refractivity contribution is -0.150. The highest BCUT2D eigenvalue weighted by Gasteiger charge is 2.39. The van der Waals surface area contributed by atoms with Gasteiger partial charge in [0.15, 0.2) is 5.82 Å². The van der Waals surface area contributed by atoms with Crippen LogP contribution in [0.5, 0.6) is 0 Å². The van der Waals surface area contributed by atoms with Crippen molar-refractivity contribution >= 4 is 11.8 Å². The number of aryl methyl sites for hydroxylation is 1. The highest BCUT2D eigenvalue weighted by Crippen LogP contribution is 2.34. The minimum atomic E-state index is -0.793. The molecule has 2 heterocycles. The van der Waals surface area contributed by atoms with E-state index < -0.39 is 11.4 Å². The van der Waals surface area contributed by atoms with Crippen LogP contribution in [0.15, 0.2) is 17.2 Å². The van der Waals surface area contributed by atoms with Crippen molar-refractivity contribution in [1.82, 2.24) is 9.55 Å². The smallest absolute Gasteiger partial charge is 0.309 e. The predicted octanol–water partition coefficient (Wildman–Crippen LogP) is 1.11. The molecule has 0 radical (unpaired) electrons. The Bertz CT molecular complexity index is 565. The number of nitrogens with zero attached hydrogens (tertiary/aromatic N) is 3. The molecule has 0 amide bonds. The van der Waals surface area contributed by atoms with Crippen LogP contribution >= 0.6 is 0 Å². The van der Waals surface area contributed by atoms with Gasteiger partial charge in [-0.3, -0.25) is 9.59 Å². The highest BCUT2D eigenvalue weighted by molar-refractivity contribution is 5.74. The molecule has 6 heteroatoms. The van der Waals surface area contributed by atoms with Crippen molar-refractivity contribution in [3.8, 4) is 0 Å². The monoisotopic (exact) mass is 279 g/mol. The number of carbonyl (C=O) groups is 1. The van der Waals surface area contributed by atoms with Crippen molar-refractivity contribution < 1.29 is 9.90 Å². The van der Waals surface area contributed by atoms with Gasteiger partial charge in [-0.05, 0) is 32.6 Å². The van der Waals surface area contributed by atoms with Crippen LogP contribution in [-0.4, -0.2) is 33.7 Å². The maximum absolute atomic E-state index is 12.1. The summed E-state index contributed by atoms with van der Waals surface area (Å²) in [5, 5.41) is 9.35. The maximum atomic E-state index is 12.1. The van der Waals surface area contributed by atoms with Gasteiger partial charge in [0.05, 0.1) is 5.41 Å². The summed E-state index contributed by atoms with van der Waals surface area (Å²) < 4.78 is 1.49. The number of hydrogen-bond acceptors (Lipinski definition) is 4. The molecule has 0 spiro atoms. The molecule has 1 N–H and O–H groups in total. The van der Waals surface area contributed by atoms with Gasteiger partial charge < -0.3 is 14.6 Å². The predicted molar refractivity (Wildman–Crippen MR) is 75.8 cm³/mol. The molecule has 1 aromatic heterocycles. The summed E-state index contributed by atoms with van der Waals surface area (Å²) in [5.74, 6) is -0.361. The first-order valence-corrected chi connectivity index (χ1v) is 6.84. The molecule has 1 fully saturated rings. The van der Waals surface area contributed by atoms with Crippen molar-refractivity contribution in [2.45, 2.75) is 26.7 Å². The van der Waals surface area contributed by atoms with E-state index in [-0.39, 0.29) is 11.5 Å². The molecule has 1 unspecified atom stereocenters. The molecule has 0 aromatic carbocycles. The fraction of sp³-hybridized carbons (Fsp3) is 0.643. The van der Waals surface area contributed by atoms with Crippen molar-refractivity contribution in [2.75, 3.05) is 18.0 Å². The number of aromatic nitrogens is 2. The Balaban J connectivity index is 2.25. The van der Waals surface area contributed by atoms with Gasteiger partial charge >= 0.3 is 5.97 Å². The van der Waals surface area contributed by atoms with Crippen molar-refractivity contribution in [2.24, 2.45) is 18.4 Å². The first kappa shape index (κ1) is 14.6. The molecule has 110 valence electrons. The zero-order chi connectivity index (χ0) is 14.9. The maximum Gasteiger partial charge on any atom is 0.309 e. The van der Waals surface area contributed by atoms with E-state index in [1.807, 2.05) is 4.90 Å². The standard InChI is InChI=1S/C14H21N3O3/c1-14(2,13(19)20)10-5-4-7-17(9-10)11-12(18)16(3)8-6-15-11/h6,8,10H,4-5,7,9H2,1-3H3,(H,19,20). The summed E-state index contributed by atoms with van der Waals surface area (Å²) in [4.78, 5) is 29.6. The summed E-state index contributed by atoms with van der Waals surface area (Å²) in [6, 6.07) is 0. The van der Waals surface area contributed by atoms with Gasteiger partial charge in [0.25, 0.3) is 5.56 Å². The Kier molecular flexibility index (Phi) is 3.83. The van der Waals surface area contributed by atoms with Crippen LogP contribution in [0.1, 0.15) is 26.7 Å². The third-order valence-corrected chi connectivity index (χ3v) is 4.29. The third-order valence-electron chi connectivity index (χ3n) is 4.29. The quantitative estimate of drug-likeness (QED) is 0.897. The number of rotatable bonds is 3. The average Bonchev–Trinajstić information content (AvgIpc) is 2.42. The van der Waals surface area contributed by atoms with Crippen LogP contribution in [0.25, 0.3) is 0 Å². The zero-order valence-corrected chi connectivity index (χ0v) is 12.2. The van der Waals surface area contributed by atoms with Gasteiger partial charge in [-0.1, -0.05) is 0 Å². The summed E-state index contributed by atoms with van der Waals surface area (Å²) in [5.41, 5.74) is -0.931. The zero-order valence-electron chi connectivity index (χ0n) is 12.2. The molecule has 2 rings (SSSR count). The van der Waals surface area contributed by atoms with Gasteiger partial charge in [0, 0.05) is 32.5 Å². The molecule has 6 nitrogen and oxygen atoms in total. The number of carboxylic acid groups (broad SMARTS) is 1.